The summed E-state index contributed by atoms with van der Waals surface area (Å²) in [5.41, 5.74) is 2.67. The van der Waals surface area contributed by atoms with Gasteiger partial charge in [0.05, 0.1) is 11.4 Å². The topological polar surface area (TPSA) is 52.3 Å². The number of ether oxygens (including phenoxy) is 1. The second-order valence-corrected chi connectivity index (χ2v) is 3.82. The molecule has 0 aliphatic rings. The van der Waals surface area contributed by atoms with E-state index in [9.17, 15) is 0 Å². The SMILES string of the molecule is CCC(OC)c1nc2c(C)ncc(C)n2n1. The molecule has 0 aliphatic carbocycles. The van der Waals surface area contributed by atoms with Gasteiger partial charge >= 0.3 is 0 Å². The summed E-state index contributed by atoms with van der Waals surface area (Å²) in [7, 11) is 1.68. The number of methoxy groups -OCH3 is 1. The number of aryl methyl sites for hydroxylation is 2. The number of aromatic nitrogens is 4. The Labute approximate surface area is 94.5 Å². The summed E-state index contributed by atoms with van der Waals surface area (Å²) < 4.78 is 7.15. The second-order valence-electron chi connectivity index (χ2n) is 3.82. The van der Waals surface area contributed by atoms with Crippen LogP contribution in [0.15, 0.2) is 6.20 Å². The van der Waals surface area contributed by atoms with Crippen LogP contribution < -0.4 is 0 Å². The Bertz CT molecular complexity index is 463. The third kappa shape index (κ3) is 1.67. The van der Waals surface area contributed by atoms with Crippen molar-refractivity contribution in [2.24, 2.45) is 0 Å². The van der Waals surface area contributed by atoms with E-state index in [1.807, 2.05) is 18.4 Å². The van der Waals surface area contributed by atoms with Crippen LogP contribution in [0.2, 0.25) is 0 Å². The van der Waals surface area contributed by atoms with Gasteiger partial charge in [0.25, 0.3) is 0 Å². The smallest absolute Gasteiger partial charge is 0.180 e. The Kier molecular flexibility index (Phi) is 2.87. The summed E-state index contributed by atoms with van der Waals surface area (Å²) in [6, 6.07) is 0. The van der Waals surface area contributed by atoms with Gasteiger partial charge in [-0.05, 0) is 20.3 Å². The van der Waals surface area contributed by atoms with Crippen LogP contribution in [0.3, 0.4) is 0 Å². The fourth-order valence-corrected chi connectivity index (χ4v) is 1.70. The number of hydrogen-bond acceptors (Lipinski definition) is 4. The molecular formula is C11H16N4O. The predicted molar refractivity (Wildman–Crippen MR) is 60.3 cm³/mol. The summed E-state index contributed by atoms with van der Waals surface area (Å²) in [4.78, 5) is 8.75. The molecular weight excluding hydrogens is 204 g/mol. The molecule has 0 saturated carbocycles. The van der Waals surface area contributed by atoms with E-state index in [1.165, 1.54) is 0 Å². The molecule has 2 heterocycles. The third-order valence-corrected chi connectivity index (χ3v) is 2.67. The normalized spacial score (nSPS) is 13.2. The lowest BCUT2D eigenvalue weighted by Gasteiger charge is -2.06. The van der Waals surface area contributed by atoms with Gasteiger partial charge in [0.2, 0.25) is 0 Å². The molecule has 2 aromatic rings. The number of nitrogens with zero attached hydrogens (tertiary/aromatic N) is 4. The molecule has 0 saturated heterocycles. The molecule has 0 aromatic carbocycles. The molecule has 0 fully saturated rings. The largest absolute Gasteiger partial charge is 0.373 e. The highest BCUT2D eigenvalue weighted by molar-refractivity contribution is 5.43. The minimum absolute atomic E-state index is 0.0429. The Morgan fingerprint density at radius 2 is 2.19 bits per heavy atom. The molecule has 5 heteroatoms. The zero-order valence-corrected chi connectivity index (χ0v) is 10.1. The highest BCUT2D eigenvalue weighted by Crippen LogP contribution is 2.18. The van der Waals surface area contributed by atoms with Crippen molar-refractivity contribution in [3.63, 3.8) is 0 Å². The Hall–Kier alpha value is -1.49. The molecule has 0 amide bonds. The Morgan fingerprint density at radius 1 is 1.44 bits per heavy atom. The van der Waals surface area contributed by atoms with Gasteiger partial charge in [-0.3, -0.25) is 4.98 Å². The van der Waals surface area contributed by atoms with E-state index >= 15 is 0 Å². The van der Waals surface area contributed by atoms with Crippen LogP contribution in [0.1, 0.15) is 36.7 Å². The lowest BCUT2D eigenvalue weighted by atomic mass is 10.3. The van der Waals surface area contributed by atoms with Crippen molar-refractivity contribution in [2.45, 2.75) is 33.3 Å². The van der Waals surface area contributed by atoms with Crippen molar-refractivity contribution in [3.05, 3.63) is 23.4 Å². The van der Waals surface area contributed by atoms with Crippen molar-refractivity contribution in [1.82, 2.24) is 19.6 Å². The van der Waals surface area contributed by atoms with E-state index in [4.69, 9.17) is 4.74 Å². The van der Waals surface area contributed by atoms with E-state index in [1.54, 1.807) is 13.3 Å². The lowest BCUT2D eigenvalue weighted by Crippen LogP contribution is -2.02. The second kappa shape index (κ2) is 4.17. The van der Waals surface area contributed by atoms with Gasteiger partial charge in [-0.15, -0.1) is 5.10 Å². The quantitative estimate of drug-likeness (QED) is 0.792. The van der Waals surface area contributed by atoms with Crippen LogP contribution in [-0.2, 0) is 4.74 Å². The molecule has 0 aliphatic heterocycles. The van der Waals surface area contributed by atoms with E-state index in [-0.39, 0.29) is 6.10 Å². The first kappa shape index (κ1) is 11.0. The fraction of sp³-hybridized carbons (Fsp3) is 0.545. The maximum atomic E-state index is 5.34. The van der Waals surface area contributed by atoms with Gasteiger partial charge < -0.3 is 4.74 Å². The number of rotatable bonds is 3. The average molecular weight is 220 g/mol. The molecule has 1 unspecified atom stereocenters. The zero-order valence-electron chi connectivity index (χ0n) is 10.1. The molecule has 1 atom stereocenters. The molecule has 0 N–H and O–H groups in total. The maximum Gasteiger partial charge on any atom is 0.180 e. The van der Waals surface area contributed by atoms with Crippen molar-refractivity contribution >= 4 is 5.65 Å². The predicted octanol–water partition coefficient (Wildman–Crippen LogP) is 1.84. The van der Waals surface area contributed by atoms with Crippen LogP contribution in [0, 0.1) is 13.8 Å². The average Bonchev–Trinajstić information content (AvgIpc) is 2.71. The van der Waals surface area contributed by atoms with Crippen molar-refractivity contribution in [3.8, 4) is 0 Å². The first-order valence-electron chi connectivity index (χ1n) is 5.39. The maximum absolute atomic E-state index is 5.34. The molecule has 5 nitrogen and oxygen atoms in total. The van der Waals surface area contributed by atoms with Crippen molar-refractivity contribution in [1.29, 1.82) is 0 Å². The molecule has 16 heavy (non-hydrogen) atoms. The number of hydrogen-bond donors (Lipinski definition) is 0. The highest BCUT2D eigenvalue weighted by Gasteiger charge is 2.16. The van der Waals surface area contributed by atoms with Gasteiger partial charge in [-0.1, -0.05) is 6.92 Å². The number of fused-ring (bicyclic) bond motifs is 1. The Morgan fingerprint density at radius 3 is 2.75 bits per heavy atom. The standard InChI is InChI=1S/C11H16N4O/c1-5-9(16-4)10-13-11-8(3)12-6-7(2)15(11)14-10/h6,9H,5H2,1-4H3. The van der Waals surface area contributed by atoms with E-state index < -0.39 is 0 Å². The fourth-order valence-electron chi connectivity index (χ4n) is 1.70. The van der Waals surface area contributed by atoms with Gasteiger partial charge in [0, 0.05) is 13.3 Å². The van der Waals surface area contributed by atoms with E-state index in [2.05, 4.69) is 22.0 Å². The van der Waals surface area contributed by atoms with Gasteiger partial charge in [0.1, 0.15) is 6.10 Å². The summed E-state index contributed by atoms with van der Waals surface area (Å²) in [6.45, 7) is 5.95. The molecule has 86 valence electrons. The van der Waals surface area contributed by atoms with Crippen molar-refractivity contribution < 1.29 is 4.74 Å². The molecule has 2 aromatic heterocycles. The van der Waals surface area contributed by atoms with Gasteiger partial charge in [-0.25, -0.2) is 9.50 Å². The van der Waals surface area contributed by atoms with Crippen LogP contribution in [0.4, 0.5) is 0 Å². The van der Waals surface area contributed by atoms with Crippen LogP contribution in [-0.4, -0.2) is 26.7 Å². The van der Waals surface area contributed by atoms with Crippen LogP contribution in [0.5, 0.6) is 0 Å². The minimum Gasteiger partial charge on any atom is -0.373 e. The third-order valence-electron chi connectivity index (χ3n) is 2.67. The lowest BCUT2D eigenvalue weighted by molar-refractivity contribution is 0.0928. The van der Waals surface area contributed by atoms with Gasteiger partial charge in [0.15, 0.2) is 11.5 Å². The Balaban J connectivity index is 2.59. The summed E-state index contributed by atoms with van der Waals surface area (Å²) >= 11 is 0. The van der Waals surface area contributed by atoms with Crippen LogP contribution >= 0.6 is 0 Å². The molecule has 0 spiro atoms. The summed E-state index contributed by atoms with van der Waals surface area (Å²) in [5, 5.41) is 4.46. The first-order chi connectivity index (χ1) is 7.67. The summed E-state index contributed by atoms with van der Waals surface area (Å²) in [6.07, 6.45) is 2.62. The minimum atomic E-state index is -0.0429. The first-order valence-corrected chi connectivity index (χ1v) is 5.39. The molecule has 0 radical (unpaired) electrons. The molecule has 2 rings (SSSR count). The highest BCUT2D eigenvalue weighted by atomic mass is 16.5. The van der Waals surface area contributed by atoms with Crippen molar-refractivity contribution in [2.75, 3.05) is 7.11 Å². The van der Waals surface area contributed by atoms with Gasteiger partial charge in [-0.2, -0.15) is 0 Å². The van der Waals surface area contributed by atoms with E-state index in [0.717, 1.165) is 29.3 Å². The van der Waals surface area contributed by atoms with E-state index in [0.29, 0.717) is 0 Å². The summed E-state index contributed by atoms with van der Waals surface area (Å²) in [5.74, 6) is 0.726. The monoisotopic (exact) mass is 220 g/mol. The van der Waals surface area contributed by atoms with Crippen LogP contribution in [0.25, 0.3) is 5.65 Å². The zero-order chi connectivity index (χ0) is 11.7. The molecule has 0 bridgehead atoms.